The van der Waals surface area contributed by atoms with Crippen molar-refractivity contribution in [3.05, 3.63) is 89.1 Å². The van der Waals surface area contributed by atoms with Crippen molar-refractivity contribution in [2.75, 3.05) is 0 Å². The number of aryl methyl sites for hydroxylation is 1. The number of benzene rings is 2. The Bertz CT molecular complexity index is 1510. The first kappa shape index (κ1) is 19.2. The summed E-state index contributed by atoms with van der Waals surface area (Å²) in [4.78, 5) is 13.4. The summed E-state index contributed by atoms with van der Waals surface area (Å²) in [6, 6.07) is 19.2. The van der Waals surface area contributed by atoms with Crippen LogP contribution in [-0.4, -0.2) is 27.1 Å². The van der Waals surface area contributed by atoms with Gasteiger partial charge in [0.25, 0.3) is 0 Å². The third kappa shape index (κ3) is 3.59. The molecule has 6 rings (SSSR count). The fraction of sp³-hybridized carbons (Fsp3) is 0.192. The maximum absolute atomic E-state index is 10.2. The average molecular weight is 620 g/mol. The zero-order chi connectivity index (χ0) is 23.7. The largest absolute Gasteiger partial charge is 0.528 e. The summed E-state index contributed by atoms with van der Waals surface area (Å²) >= 11 is 0. The number of phenolic OH excluding ortho intramolecular Hbond substituents is 1. The van der Waals surface area contributed by atoms with E-state index in [-0.39, 0.29) is 44.5 Å². The first-order chi connectivity index (χ1) is 16.3. The van der Waals surface area contributed by atoms with Crippen LogP contribution in [0.4, 0.5) is 0 Å². The molecule has 2 aromatic carbocycles. The number of hydrogen-bond donors (Lipinski definition) is 1. The van der Waals surface area contributed by atoms with Gasteiger partial charge in [-0.1, -0.05) is 24.3 Å². The van der Waals surface area contributed by atoms with Gasteiger partial charge in [0.05, 0.1) is 0 Å². The van der Waals surface area contributed by atoms with E-state index in [1.165, 1.54) is 0 Å². The van der Waals surface area contributed by atoms with Crippen molar-refractivity contribution in [2.24, 2.45) is 4.99 Å². The fourth-order valence-electron chi connectivity index (χ4n) is 4.25. The van der Waals surface area contributed by atoms with Gasteiger partial charge in [0, 0.05) is 41.6 Å². The van der Waals surface area contributed by atoms with E-state index in [9.17, 15) is 5.11 Å². The van der Waals surface area contributed by atoms with Gasteiger partial charge in [-0.3, -0.25) is 0 Å². The third-order valence-corrected chi connectivity index (χ3v) is 5.83. The Balaban J connectivity index is 0.00000253. The van der Waals surface area contributed by atoms with E-state index >= 15 is 0 Å². The molecule has 6 nitrogen and oxygen atoms in total. The zero-order valence-electron chi connectivity index (χ0n) is 19.8. The molecule has 2 aromatic heterocycles. The summed E-state index contributed by atoms with van der Waals surface area (Å²) in [6.45, 7) is 3.79. The summed E-state index contributed by atoms with van der Waals surface area (Å²) < 4.78 is 29.2. The Morgan fingerprint density at radius 1 is 1.21 bits per heavy atom. The van der Waals surface area contributed by atoms with Crippen LogP contribution in [0, 0.1) is 13.0 Å². The Morgan fingerprint density at radius 2 is 2.06 bits per heavy atom. The summed E-state index contributed by atoms with van der Waals surface area (Å²) in [6.07, 6.45) is -0.918. The molecule has 2 aliphatic rings. The van der Waals surface area contributed by atoms with E-state index in [0.717, 1.165) is 16.5 Å². The van der Waals surface area contributed by atoms with E-state index in [1.54, 1.807) is 30.5 Å². The quantitative estimate of drug-likeness (QED) is 0.332. The normalized spacial score (nSPS) is 22.8. The fourth-order valence-corrected chi connectivity index (χ4v) is 4.25. The molecule has 2 atom stereocenters. The van der Waals surface area contributed by atoms with Crippen molar-refractivity contribution in [1.29, 1.82) is 0 Å². The van der Waals surface area contributed by atoms with E-state index in [0.29, 0.717) is 16.6 Å². The number of aromatic nitrogens is 2. The minimum Gasteiger partial charge on any atom is -0.528 e. The van der Waals surface area contributed by atoms with E-state index < -0.39 is 18.0 Å². The Morgan fingerprint density at radius 3 is 2.94 bits per heavy atom. The van der Waals surface area contributed by atoms with E-state index in [1.807, 2.05) is 44.2 Å². The number of pyridine rings is 2. The summed E-state index contributed by atoms with van der Waals surface area (Å²) in [5.41, 5.74) is 2.46. The molecule has 7 heteroatoms. The van der Waals surface area contributed by atoms with E-state index in [2.05, 4.69) is 16.0 Å². The summed E-state index contributed by atoms with van der Waals surface area (Å²) in [5, 5.41) is 11.0. The number of fused-ring (bicyclic) bond motifs is 4. The molecule has 0 fully saturated rings. The van der Waals surface area contributed by atoms with Crippen LogP contribution in [0.3, 0.4) is 0 Å². The minimum atomic E-state index is -1.68. The van der Waals surface area contributed by atoms with Crippen molar-refractivity contribution in [3.8, 4) is 17.5 Å². The SMILES string of the molecule is [2H]C1([2H])c2ccccc2[C@]2(C)N=C(c3[c-]c(Oc4ccc5cc(C)cc(O)c5n4)ncc3)O[C@H]12.[Pt]. The Labute approximate surface area is 208 Å². The van der Waals surface area contributed by atoms with Gasteiger partial charge in [0.1, 0.15) is 28.8 Å². The summed E-state index contributed by atoms with van der Waals surface area (Å²) in [5.74, 6) is 0.788. The van der Waals surface area contributed by atoms with Crippen molar-refractivity contribution in [2.45, 2.75) is 31.9 Å². The number of phenols is 1. The molecule has 1 N–H and O–H groups in total. The van der Waals surface area contributed by atoms with Gasteiger partial charge in [-0.15, -0.1) is 17.7 Å². The van der Waals surface area contributed by atoms with Gasteiger partial charge in [-0.05, 0) is 54.9 Å². The predicted molar refractivity (Wildman–Crippen MR) is 120 cm³/mol. The molecule has 1 aliphatic heterocycles. The molecular weight excluding hydrogens is 597 g/mol. The van der Waals surface area contributed by atoms with Crippen LogP contribution in [0.1, 0.15) is 31.9 Å². The molecule has 3 heterocycles. The molecule has 0 radical (unpaired) electrons. The van der Waals surface area contributed by atoms with Gasteiger partial charge in [0.15, 0.2) is 5.88 Å². The minimum absolute atomic E-state index is 0. The molecular formula is C26H20N3O3Pt-. The molecule has 0 amide bonds. The molecule has 0 spiro atoms. The maximum atomic E-state index is 10.2. The molecule has 33 heavy (non-hydrogen) atoms. The smallest absolute Gasteiger partial charge is 0.220 e. The van der Waals surface area contributed by atoms with Crippen LogP contribution < -0.4 is 4.74 Å². The first-order valence-electron chi connectivity index (χ1n) is 11.3. The standard InChI is InChI=1S/C26H20N3O3.Pt/c1-15-11-17-7-8-22(28-24(17)20(30)12-15)32-23-14-18(9-10-27-23)25-29-26(2)19-6-4-3-5-16(19)13-21(26)31-25;/h3-12,21,30H,13H2,1-2H3;/q-1;/t21-,26+;/m1./s1/i13D2;. The average Bonchev–Trinajstić information content (AvgIpc) is 3.26. The van der Waals surface area contributed by atoms with Crippen LogP contribution in [0.5, 0.6) is 17.5 Å². The van der Waals surface area contributed by atoms with Gasteiger partial charge in [-0.2, -0.15) is 0 Å². The van der Waals surface area contributed by atoms with Gasteiger partial charge in [-0.25, -0.2) is 9.97 Å². The second-order valence-corrected chi connectivity index (χ2v) is 8.15. The molecule has 0 saturated carbocycles. The molecule has 4 aromatic rings. The second-order valence-electron chi connectivity index (χ2n) is 8.15. The molecule has 0 saturated heterocycles. The van der Waals surface area contributed by atoms with Crippen LogP contribution in [0.2, 0.25) is 0 Å². The molecule has 1 aliphatic carbocycles. The Hall–Kier alpha value is -3.24. The van der Waals surface area contributed by atoms with Gasteiger partial charge < -0.3 is 19.6 Å². The van der Waals surface area contributed by atoms with Crippen LogP contribution in [-0.2, 0) is 37.7 Å². The van der Waals surface area contributed by atoms with Crippen molar-refractivity contribution < 1.29 is 38.4 Å². The van der Waals surface area contributed by atoms with Crippen molar-refractivity contribution >= 4 is 16.8 Å². The number of aromatic hydroxyl groups is 1. The van der Waals surface area contributed by atoms with Crippen molar-refractivity contribution in [1.82, 2.24) is 9.97 Å². The number of hydrogen-bond acceptors (Lipinski definition) is 6. The number of ether oxygens (including phenoxy) is 2. The molecule has 168 valence electrons. The zero-order valence-corrected chi connectivity index (χ0v) is 20.0. The monoisotopic (exact) mass is 619 g/mol. The second kappa shape index (κ2) is 7.96. The Kier molecular flexibility index (Phi) is 4.64. The number of nitrogens with zero attached hydrogens (tertiary/aromatic N) is 3. The van der Waals surface area contributed by atoms with Crippen LogP contribution in [0.15, 0.2) is 65.8 Å². The number of rotatable bonds is 3. The molecule has 0 unspecified atom stereocenters. The van der Waals surface area contributed by atoms with Gasteiger partial charge >= 0.3 is 0 Å². The summed E-state index contributed by atoms with van der Waals surface area (Å²) in [7, 11) is 0. The van der Waals surface area contributed by atoms with Crippen molar-refractivity contribution in [3.63, 3.8) is 0 Å². The van der Waals surface area contributed by atoms with Crippen LogP contribution in [0.25, 0.3) is 10.9 Å². The number of aliphatic imine (C=N–C) groups is 1. The van der Waals surface area contributed by atoms with Gasteiger partial charge in [0.2, 0.25) is 5.88 Å². The molecule has 0 bridgehead atoms. The topological polar surface area (TPSA) is 76.8 Å². The first-order valence-corrected chi connectivity index (χ1v) is 10.3. The van der Waals surface area contributed by atoms with Crippen LogP contribution >= 0.6 is 0 Å². The maximum Gasteiger partial charge on any atom is 0.220 e. The third-order valence-electron chi connectivity index (χ3n) is 5.83. The van der Waals surface area contributed by atoms with E-state index in [4.69, 9.17) is 17.2 Å². The predicted octanol–water partition coefficient (Wildman–Crippen LogP) is 4.85.